The predicted octanol–water partition coefficient (Wildman–Crippen LogP) is 4.76. The van der Waals surface area contributed by atoms with Gasteiger partial charge in [0.05, 0.1) is 34.5 Å². The van der Waals surface area contributed by atoms with E-state index in [0.717, 1.165) is 36.5 Å². The van der Waals surface area contributed by atoms with Crippen LogP contribution in [0.5, 0.6) is 0 Å². The molecule has 7 heterocycles. The van der Waals surface area contributed by atoms with Crippen LogP contribution in [0.1, 0.15) is 18.4 Å². The van der Waals surface area contributed by atoms with Gasteiger partial charge >= 0.3 is 0 Å². The first-order valence-corrected chi connectivity index (χ1v) is 12.2. The van der Waals surface area contributed by atoms with Gasteiger partial charge in [0, 0.05) is 42.5 Å². The Bertz CT molecular complexity index is 1740. The Labute approximate surface area is 210 Å². The summed E-state index contributed by atoms with van der Waals surface area (Å²) in [7, 11) is 0. The van der Waals surface area contributed by atoms with E-state index in [0.29, 0.717) is 39.0 Å². The van der Waals surface area contributed by atoms with Gasteiger partial charge in [-0.05, 0) is 49.7 Å². The molecule has 0 spiro atoms. The van der Waals surface area contributed by atoms with Crippen LogP contribution < -0.4 is 0 Å². The van der Waals surface area contributed by atoms with Gasteiger partial charge in [-0.15, -0.1) is 0 Å². The van der Waals surface area contributed by atoms with Crippen molar-refractivity contribution in [3.8, 4) is 34.0 Å². The molecule has 0 bridgehead atoms. The molecule has 0 atom stereocenters. The summed E-state index contributed by atoms with van der Waals surface area (Å²) in [6.07, 6.45) is 12.6. The van der Waals surface area contributed by atoms with Gasteiger partial charge in [0.25, 0.3) is 0 Å². The van der Waals surface area contributed by atoms with Crippen LogP contribution in [0.25, 0.3) is 56.0 Å². The van der Waals surface area contributed by atoms with Crippen molar-refractivity contribution in [2.24, 2.45) is 0 Å². The lowest BCUT2D eigenvalue weighted by molar-refractivity contribution is 0.331. The molecule has 6 aromatic rings. The molecule has 0 aliphatic carbocycles. The number of aromatic nitrogens is 8. The Morgan fingerprint density at radius 2 is 1.81 bits per heavy atom. The van der Waals surface area contributed by atoms with Gasteiger partial charge in [-0.1, -0.05) is 6.07 Å². The molecule has 1 aliphatic rings. The van der Waals surface area contributed by atoms with Crippen LogP contribution in [0.3, 0.4) is 0 Å². The Morgan fingerprint density at radius 1 is 0.919 bits per heavy atom. The minimum absolute atomic E-state index is 0.234. The van der Waals surface area contributed by atoms with Crippen molar-refractivity contribution >= 4 is 21.9 Å². The van der Waals surface area contributed by atoms with Crippen molar-refractivity contribution in [2.45, 2.75) is 19.4 Å². The Kier molecular flexibility index (Phi) is 5.17. The highest BCUT2D eigenvalue weighted by Gasteiger charge is 2.22. The van der Waals surface area contributed by atoms with E-state index in [4.69, 9.17) is 4.98 Å². The maximum atomic E-state index is 16.0. The number of hydrogen-bond acceptors (Lipinski definition) is 7. The van der Waals surface area contributed by atoms with Gasteiger partial charge in [0.15, 0.2) is 11.6 Å². The molecule has 0 aromatic carbocycles. The molecule has 0 radical (unpaired) electrons. The fourth-order valence-corrected chi connectivity index (χ4v) is 5.00. The summed E-state index contributed by atoms with van der Waals surface area (Å²) in [4.78, 5) is 27.9. The molecule has 37 heavy (non-hydrogen) atoms. The third kappa shape index (κ3) is 3.82. The molecular formula is C27H22FN9. The van der Waals surface area contributed by atoms with Crippen LogP contribution in [0, 0.1) is 5.82 Å². The molecule has 0 amide bonds. The summed E-state index contributed by atoms with van der Waals surface area (Å²) in [5.41, 5.74) is 5.71. The molecule has 7 rings (SSSR count). The van der Waals surface area contributed by atoms with Crippen molar-refractivity contribution in [1.82, 2.24) is 45.0 Å². The summed E-state index contributed by atoms with van der Waals surface area (Å²) in [5.74, 6) is -0.0340. The van der Waals surface area contributed by atoms with E-state index in [2.05, 4.69) is 40.0 Å². The van der Waals surface area contributed by atoms with Crippen LogP contribution in [0.15, 0.2) is 61.4 Å². The normalized spacial score (nSPS) is 14.2. The zero-order valence-corrected chi connectivity index (χ0v) is 19.8. The minimum Gasteiger partial charge on any atom is -0.335 e. The van der Waals surface area contributed by atoms with Gasteiger partial charge in [-0.25, -0.2) is 9.37 Å². The number of aromatic amines is 2. The number of fused-ring (bicyclic) bond motifs is 2. The molecule has 9 nitrogen and oxygen atoms in total. The van der Waals surface area contributed by atoms with E-state index in [1.807, 2.05) is 30.5 Å². The average Bonchev–Trinajstić information content (AvgIpc) is 3.69. The van der Waals surface area contributed by atoms with Crippen molar-refractivity contribution in [2.75, 3.05) is 13.1 Å². The first-order valence-electron chi connectivity index (χ1n) is 12.2. The molecule has 182 valence electrons. The Morgan fingerprint density at radius 3 is 2.68 bits per heavy atom. The van der Waals surface area contributed by atoms with Gasteiger partial charge in [0.2, 0.25) is 0 Å². The largest absolute Gasteiger partial charge is 0.335 e. The van der Waals surface area contributed by atoms with Gasteiger partial charge in [-0.3, -0.25) is 29.9 Å². The highest BCUT2D eigenvalue weighted by Crippen LogP contribution is 2.34. The number of halogens is 1. The van der Waals surface area contributed by atoms with E-state index in [1.165, 1.54) is 12.8 Å². The molecule has 2 N–H and O–H groups in total. The number of imidazole rings is 1. The van der Waals surface area contributed by atoms with E-state index < -0.39 is 5.82 Å². The van der Waals surface area contributed by atoms with Crippen molar-refractivity contribution < 1.29 is 4.39 Å². The van der Waals surface area contributed by atoms with Crippen LogP contribution in [-0.4, -0.2) is 58.1 Å². The lowest BCUT2D eigenvalue weighted by atomic mass is 10.1. The molecule has 6 aromatic heterocycles. The van der Waals surface area contributed by atoms with Gasteiger partial charge in [0.1, 0.15) is 16.9 Å². The Balaban J connectivity index is 1.32. The second-order valence-corrected chi connectivity index (χ2v) is 9.23. The maximum Gasteiger partial charge on any atom is 0.161 e. The van der Waals surface area contributed by atoms with E-state index in [1.54, 1.807) is 31.0 Å². The number of nitrogens with one attached hydrogen (secondary N) is 2. The molecule has 1 fully saturated rings. The number of pyridine rings is 4. The summed E-state index contributed by atoms with van der Waals surface area (Å²) >= 11 is 0. The summed E-state index contributed by atoms with van der Waals surface area (Å²) in [6, 6.07) is 7.64. The third-order valence-electron chi connectivity index (χ3n) is 6.78. The van der Waals surface area contributed by atoms with Gasteiger partial charge in [-0.2, -0.15) is 5.10 Å². The Hall–Kier alpha value is -4.57. The molecule has 0 saturated carbocycles. The molecule has 0 unspecified atom stereocenters. The molecule has 1 aliphatic heterocycles. The van der Waals surface area contributed by atoms with E-state index >= 15 is 4.39 Å². The maximum absolute atomic E-state index is 16.0. The van der Waals surface area contributed by atoms with Crippen molar-refractivity contribution in [3.63, 3.8) is 0 Å². The number of nitrogens with zero attached hydrogens (tertiary/aromatic N) is 7. The van der Waals surface area contributed by atoms with Crippen molar-refractivity contribution in [1.29, 1.82) is 0 Å². The second-order valence-electron chi connectivity index (χ2n) is 9.23. The lowest BCUT2D eigenvalue weighted by Gasteiger charge is -2.14. The summed E-state index contributed by atoms with van der Waals surface area (Å²) in [6.45, 7) is 2.96. The summed E-state index contributed by atoms with van der Waals surface area (Å²) < 4.78 is 16.0. The number of rotatable bonds is 5. The predicted molar refractivity (Wildman–Crippen MR) is 138 cm³/mol. The zero-order chi connectivity index (χ0) is 24.8. The minimum atomic E-state index is -0.468. The summed E-state index contributed by atoms with van der Waals surface area (Å²) in [5, 5.41) is 7.60. The van der Waals surface area contributed by atoms with Gasteiger partial charge < -0.3 is 4.98 Å². The monoisotopic (exact) mass is 491 g/mol. The molecule has 1 saturated heterocycles. The van der Waals surface area contributed by atoms with Crippen molar-refractivity contribution in [3.05, 3.63) is 72.8 Å². The standard InChI is InChI=1S/C27H22FN9/c28-23-22-20(14-32-24(23)17-9-16(10-29-11-17)15-37-7-3-4-8-37)35-36-26(22)27-33-21-13-30-12-18(25(21)34-27)19-5-1-2-6-31-19/h1-2,5-6,9-14H,3-4,7-8,15H2,(H,33,34)(H,35,36). The smallest absolute Gasteiger partial charge is 0.161 e. The topological polar surface area (TPSA) is 112 Å². The molecule has 10 heteroatoms. The van der Waals surface area contributed by atoms with Crippen LogP contribution in [-0.2, 0) is 6.54 Å². The van der Waals surface area contributed by atoms with Crippen LogP contribution in [0.2, 0.25) is 0 Å². The highest BCUT2D eigenvalue weighted by molar-refractivity contribution is 5.97. The quantitative estimate of drug-likeness (QED) is 0.358. The fraction of sp³-hybridized carbons (Fsp3) is 0.185. The average molecular weight is 492 g/mol. The third-order valence-corrected chi connectivity index (χ3v) is 6.78. The van der Waals surface area contributed by atoms with E-state index in [9.17, 15) is 0 Å². The molecular weight excluding hydrogens is 469 g/mol. The van der Waals surface area contributed by atoms with E-state index in [-0.39, 0.29) is 5.69 Å². The fourth-order valence-electron chi connectivity index (χ4n) is 5.00. The van der Waals surface area contributed by atoms with Crippen LogP contribution in [0.4, 0.5) is 4.39 Å². The number of likely N-dealkylation sites (tertiary alicyclic amines) is 1. The first kappa shape index (κ1) is 21.7. The SMILES string of the molecule is Fc1c(-c2cncc(CN3CCCC3)c2)ncc2[nH]nc(-c3nc4c(-c5ccccn5)cncc4[nH]3)c12. The lowest BCUT2D eigenvalue weighted by Crippen LogP contribution is -2.18. The highest BCUT2D eigenvalue weighted by atomic mass is 19.1. The van der Waals surface area contributed by atoms with Crippen LogP contribution >= 0.6 is 0 Å². The second kappa shape index (κ2) is 8.82. The first-order chi connectivity index (χ1) is 18.2. The number of hydrogen-bond donors (Lipinski definition) is 2. The zero-order valence-electron chi connectivity index (χ0n) is 19.8. The number of H-pyrrole nitrogens is 2.